The summed E-state index contributed by atoms with van der Waals surface area (Å²) in [6, 6.07) is 23.8. The largest absolute Gasteiger partial charge is 0.493 e. The van der Waals surface area contributed by atoms with E-state index in [2.05, 4.69) is 5.32 Å². The van der Waals surface area contributed by atoms with Crippen LogP contribution in [-0.2, 0) is 4.79 Å². The second-order valence-electron chi connectivity index (χ2n) is 8.28. The number of allylic oxidation sites excluding steroid dienone is 1. The third kappa shape index (κ3) is 4.53. The number of halogens is 1. The topological polar surface area (TPSA) is 51.5 Å². The third-order valence-corrected chi connectivity index (χ3v) is 5.95. The monoisotopic (exact) mass is 465 g/mol. The predicted octanol–water partition coefficient (Wildman–Crippen LogP) is 7.83. The third-order valence-electron chi connectivity index (χ3n) is 5.95. The van der Waals surface area contributed by atoms with Crippen molar-refractivity contribution in [3.05, 3.63) is 103 Å². The fraction of sp³-hybridized carbons (Fsp3) is 0.100. The molecule has 0 saturated heterocycles. The van der Waals surface area contributed by atoms with Crippen molar-refractivity contribution in [2.24, 2.45) is 0 Å². The molecule has 4 nitrogen and oxygen atoms in total. The lowest BCUT2D eigenvalue weighted by atomic mass is 9.99. The van der Waals surface area contributed by atoms with Crippen LogP contribution in [0.1, 0.15) is 19.4 Å². The normalized spacial score (nSPS) is 11.7. The van der Waals surface area contributed by atoms with Gasteiger partial charge in [0.1, 0.15) is 17.1 Å². The zero-order chi connectivity index (χ0) is 24.4. The number of fused-ring (bicyclic) bond motifs is 2. The van der Waals surface area contributed by atoms with Gasteiger partial charge >= 0.3 is 0 Å². The molecule has 0 aliphatic heterocycles. The highest BCUT2D eigenvalue weighted by molar-refractivity contribution is 6.09. The smallest absolute Gasteiger partial charge is 0.248 e. The molecule has 5 rings (SSSR count). The molecule has 1 aromatic heterocycles. The zero-order valence-corrected chi connectivity index (χ0v) is 19.5. The first-order valence-corrected chi connectivity index (χ1v) is 11.4. The summed E-state index contributed by atoms with van der Waals surface area (Å²) in [5.41, 5.74) is 4.64. The van der Waals surface area contributed by atoms with Crippen molar-refractivity contribution in [2.75, 3.05) is 11.9 Å². The zero-order valence-electron chi connectivity index (χ0n) is 19.5. The Morgan fingerprint density at radius 1 is 1.00 bits per heavy atom. The fourth-order valence-electron chi connectivity index (χ4n) is 4.27. The Bertz CT molecular complexity index is 1560. The van der Waals surface area contributed by atoms with Crippen LogP contribution in [0.25, 0.3) is 38.4 Å². The molecule has 0 saturated carbocycles. The number of anilines is 1. The predicted molar refractivity (Wildman–Crippen MR) is 139 cm³/mol. The maximum atomic E-state index is 13.4. The Morgan fingerprint density at radius 2 is 1.77 bits per heavy atom. The van der Waals surface area contributed by atoms with Crippen molar-refractivity contribution in [1.82, 2.24) is 0 Å². The van der Waals surface area contributed by atoms with Crippen LogP contribution in [0.4, 0.5) is 10.1 Å². The molecule has 0 aliphatic rings. The Hall–Kier alpha value is -4.38. The number of furan rings is 1. The van der Waals surface area contributed by atoms with Gasteiger partial charge in [-0.15, -0.1) is 0 Å². The van der Waals surface area contributed by atoms with E-state index < -0.39 is 0 Å². The van der Waals surface area contributed by atoms with Gasteiger partial charge in [0, 0.05) is 39.7 Å². The Labute approximate surface area is 202 Å². The van der Waals surface area contributed by atoms with Crippen LogP contribution in [0.5, 0.6) is 5.75 Å². The van der Waals surface area contributed by atoms with Crippen LogP contribution in [0.3, 0.4) is 0 Å². The van der Waals surface area contributed by atoms with Crippen molar-refractivity contribution in [2.45, 2.75) is 13.8 Å². The van der Waals surface area contributed by atoms with Crippen molar-refractivity contribution >= 4 is 38.9 Å². The minimum absolute atomic E-state index is 0.229. The molecule has 4 aromatic carbocycles. The summed E-state index contributed by atoms with van der Waals surface area (Å²) >= 11 is 0. The molecule has 0 bridgehead atoms. The molecule has 1 amide bonds. The van der Waals surface area contributed by atoms with Gasteiger partial charge in [-0.1, -0.05) is 48.5 Å². The first kappa shape index (κ1) is 22.4. The van der Waals surface area contributed by atoms with Crippen LogP contribution in [-0.4, -0.2) is 12.5 Å². The minimum Gasteiger partial charge on any atom is -0.493 e. The molecule has 0 atom stereocenters. The number of ether oxygens (including phenoxy) is 1. The van der Waals surface area contributed by atoms with E-state index in [1.807, 2.05) is 68.4 Å². The van der Waals surface area contributed by atoms with Crippen LogP contribution in [0, 0.1) is 5.82 Å². The van der Waals surface area contributed by atoms with Gasteiger partial charge in [-0.3, -0.25) is 4.79 Å². The summed E-state index contributed by atoms with van der Waals surface area (Å²) < 4.78 is 25.1. The van der Waals surface area contributed by atoms with Crippen molar-refractivity contribution in [1.29, 1.82) is 0 Å². The maximum Gasteiger partial charge on any atom is 0.248 e. The molecule has 1 heterocycles. The molecule has 174 valence electrons. The van der Waals surface area contributed by atoms with Crippen molar-refractivity contribution in [3.63, 3.8) is 0 Å². The van der Waals surface area contributed by atoms with Gasteiger partial charge in [-0.25, -0.2) is 4.39 Å². The van der Waals surface area contributed by atoms with Gasteiger partial charge in [0.2, 0.25) is 5.91 Å². The highest BCUT2D eigenvalue weighted by Gasteiger charge is 2.15. The molecule has 0 aliphatic carbocycles. The summed E-state index contributed by atoms with van der Waals surface area (Å²) in [5, 5.41) is 5.90. The maximum absolute atomic E-state index is 13.4. The summed E-state index contributed by atoms with van der Waals surface area (Å²) in [6.45, 7) is 4.26. The van der Waals surface area contributed by atoms with E-state index in [4.69, 9.17) is 9.15 Å². The highest BCUT2D eigenvalue weighted by atomic mass is 19.1. The molecule has 0 unspecified atom stereocenters. The van der Waals surface area contributed by atoms with Gasteiger partial charge in [0.05, 0.1) is 12.9 Å². The number of hydrogen-bond donors (Lipinski definition) is 1. The van der Waals surface area contributed by atoms with Crippen LogP contribution >= 0.6 is 0 Å². The summed E-state index contributed by atoms with van der Waals surface area (Å²) in [5.74, 6) is 0.107. The summed E-state index contributed by atoms with van der Waals surface area (Å²) in [6.07, 6.45) is 3.23. The fourth-order valence-corrected chi connectivity index (χ4v) is 4.27. The number of nitrogens with one attached hydrogen (secondary N) is 1. The molecule has 1 N–H and O–H groups in total. The van der Waals surface area contributed by atoms with E-state index in [-0.39, 0.29) is 11.7 Å². The van der Waals surface area contributed by atoms with E-state index in [1.54, 1.807) is 24.5 Å². The van der Waals surface area contributed by atoms with E-state index in [1.165, 1.54) is 12.1 Å². The lowest BCUT2D eigenvalue weighted by Gasteiger charge is -2.12. The van der Waals surface area contributed by atoms with E-state index in [0.717, 1.165) is 44.1 Å². The second kappa shape index (κ2) is 9.47. The average Bonchev–Trinajstić information content (AvgIpc) is 3.27. The van der Waals surface area contributed by atoms with Gasteiger partial charge in [-0.2, -0.15) is 0 Å². The van der Waals surface area contributed by atoms with E-state index >= 15 is 0 Å². The SMILES string of the molecule is CCOc1cc2occ(-c3ccc(F)cc3)c2cc1/C(C)=C/C(=O)Nc1cccc2ccccc12. The number of amides is 1. The lowest BCUT2D eigenvalue weighted by Crippen LogP contribution is -2.09. The summed E-state index contributed by atoms with van der Waals surface area (Å²) in [7, 11) is 0. The lowest BCUT2D eigenvalue weighted by molar-refractivity contribution is -0.111. The van der Waals surface area contributed by atoms with Gasteiger partial charge in [0.25, 0.3) is 0 Å². The van der Waals surface area contributed by atoms with Crippen LogP contribution < -0.4 is 10.1 Å². The van der Waals surface area contributed by atoms with Crippen LogP contribution in [0.15, 0.2) is 95.6 Å². The van der Waals surface area contributed by atoms with E-state index in [9.17, 15) is 9.18 Å². The molecular formula is C30H24FNO3. The number of benzene rings is 4. The van der Waals surface area contributed by atoms with Gasteiger partial charge < -0.3 is 14.5 Å². The number of hydrogen-bond acceptors (Lipinski definition) is 3. The van der Waals surface area contributed by atoms with Crippen molar-refractivity contribution in [3.8, 4) is 16.9 Å². The average molecular weight is 466 g/mol. The Morgan fingerprint density at radius 3 is 2.57 bits per heavy atom. The molecule has 5 aromatic rings. The second-order valence-corrected chi connectivity index (χ2v) is 8.28. The quantitative estimate of drug-likeness (QED) is 0.260. The number of rotatable bonds is 6. The van der Waals surface area contributed by atoms with Crippen LogP contribution in [0.2, 0.25) is 0 Å². The molecular weight excluding hydrogens is 441 g/mol. The molecule has 0 radical (unpaired) electrons. The first-order chi connectivity index (χ1) is 17.0. The van der Waals surface area contributed by atoms with Gasteiger partial charge in [-0.05, 0) is 54.6 Å². The molecule has 5 heteroatoms. The molecule has 0 spiro atoms. The van der Waals surface area contributed by atoms with E-state index in [0.29, 0.717) is 17.9 Å². The number of carbonyl (C=O) groups excluding carboxylic acids is 1. The Kier molecular flexibility index (Phi) is 6.06. The number of carbonyl (C=O) groups is 1. The van der Waals surface area contributed by atoms with Gasteiger partial charge in [0.15, 0.2) is 0 Å². The highest BCUT2D eigenvalue weighted by Crippen LogP contribution is 2.37. The standard InChI is InChI=1S/C30H24FNO3/c1-3-34-28-17-29-25(26(18-35-29)21-11-13-22(31)14-12-21)16-24(28)19(2)15-30(33)32-27-10-6-8-20-7-4-5-9-23(20)27/h4-18H,3H2,1-2H3,(H,32,33)/b19-15+. The molecule has 35 heavy (non-hydrogen) atoms. The Balaban J connectivity index is 1.52. The first-order valence-electron chi connectivity index (χ1n) is 11.4. The van der Waals surface area contributed by atoms with Crippen molar-refractivity contribution < 1.29 is 18.3 Å². The minimum atomic E-state index is -0.295. The summed E-state index contributed by atoms with van der Waals surface area (Å²) in [4.78, 5) is 13.0. The molecule has 0 fully saturated rings.